The molecule has 0 aromatic heterocycles. The molecular weight excluding hydrogens is 558 g/mol. The van der Waals surface area contributed by atoms with Gasteiger partial charge in [0.1, 0.15) is 6.17 Å². The normalized spacial score (nSPS) is 18.8. The third-order valence-electron chi connectivity index (χ3n) is 9.12. The Bertz CT molecular complexity index is 1920. The summed E-state index contributed by atoms with van der Waals surface area (Å²) in [4.78, 5) is 7.52. The number of hydrogen-bond donors (Lipinski definition) is 1. The molecule has 3 heteroatoms. The van der Waals surface area contributed by atoms with Crippen LogP contribution in [0.2, 0.25) is 0 Å². The van der Waals surface area contributed by atoms with Crippen LogP contribution in [0.1, 0.15) is 47.9 Å². The van der Waals surface area contributed by atoms with Crippen LogP contribution in [0.3, 0.4) is 0 Å². The van der Waals surface area contributed by atoms with Gasteiger partial charge in [0.15, 0.2) is 0 Å². The zero-order valence-electron chi connectivity index (χ0n) is 26.3. The van der Waals surface area contributed by atoms with E-state index < -0.39 is 0 Å². The molecule has 3 unspecified atom stereocenters. The summed E-state index contributed by atoms with van der Waals surface area (Å²) in [5.74, 6) is 0.365. The second kappa shape index (κ2) is 12.9. The Morgan fingerprint density at radius 2 is 1.63 bits per heavy atom. The number of anilines is 2. The maximum absolute atomic E-state index is 5.07. The summed E-state index contributed by atoms with van der Waals surface area (Å²) in [6.07, 6.45) is 19.2. The SMILES string of the molecule is C=C/C(=N\C(C)NC(=C)c1c(C2=CC=CCC2)cccc1-c1ccccc1)c1ccc(N2c3ccccc3C3C=CC=CC32)cc1. The predicted molar refractivity (Wildman–Crippen MR) is 196 cm³/mol. The highest BCUT2D eigenvalue weighted by atomic mass is 15.2. The van der Waals surface area contributed by atoms with Crippen LogP contribution in [0.15, 0.2) is 164 Å². The van der Waals surface area contributed by atoms with E-state index in [4.69, 9.17) is 4.99 Å². The van der Waals surface area contributed by atoms with Gasteiger partial charge in [-0.25, -0.2) is 0 Å². The molecule has 1 aliphatic heterocycles. The van der Waals surface area contributed by atoms with Crippen LogP contribution in [0.25, 0.3) is 22.4 Å². The van der Waals surface area contributed by atoms with E-state index in [1.54, 1.807) is 0 Å². The Kier molecular flexibility index (Phi) is 8.22. The van der Waals surface area contributed by atoms with Crippen LogP contribution in [-0.2, 0) is 0 Å². The molecule has 0 saturated heterocycles. The van der Waals surface area contributed by atoms with Gasteiger partial charge in [0, 0.05) is 28.6 Å². The first kappa shape index (κ1) is 29.3. The molecule has 0 amide bonds. The number of benzene rings is 4. The lowest BCUT2D eigenvalue weighted by Crippen LogP contribution is -2.28. The Balaban J connectivity index is 1.15. The Morgan fingerprint density at radius 1 is 0.870 bits per heavy atom. The molecule has 1 heterocycles. The first-order valence-corrected chi connectivity index (χ1v) is 16.2. The van der Waals surface area contributed by atoms with Gasteiger partial charge in [0.05, 0.1) is 11.8 Å². The van der Waals surface area contributed by atoms with Crippen molar-refractivity contribution >= 4 is 28.4 Å². The van der Waals surface area contributed by atoms with E-state index in [0.717, 1.165) is 40.9 Å². The van der Waals surface area contributed by atoms with Gasteiger partial charge in [0.25, 0.3) is 0 Å². The molecule has 0 saturated carbocycles. The molecule has 226 valence electrons. The zero-order valence-corrected chi connectivity index (χ0v) is 26.3. The Labute approximate surface area is 273 Å². The number of hydrogen-bond acceptors (Lipinski definition) is 3. The van der Waals surface area contributed by atoms with Crippen LogP contribution in [0.4, 0.5) is 11.4 Å². The number of para-hydroxylation sites is 1. The fourth-order valence-corrected chi connectivity index (χ4v) is 7.02. The summed E-state index contributed by atoms with van der Waals surface area (Å²) in [7, 11) is 0. The van der Waals surface area contributed by atoms with E-state index in [9.17, 15) is 0 Å². The summed E-state index contributed by atoms with van der Waals surface area (Å²) in [5.41, 5.74) is 12.5. The molecule has 3 atom stereocenters. The smallest absolute Gasteiger partial charge is 0.116 e. The number of allylic oxidation sites excluding steroid dienone is 7. The molecule has 0 bridgehead atoms. The van der Waals surface area contributed by atoms with Crippen LogP contribution < -0.4 is 10.2 Å². The monoisotopic (exact) mass is 597 g/mol. The van der Waals surface area contributed by atoms with Crippen molar-refractivity contribution in [3.8, 4) is 11.1 Å². The van der Waals surface area contributed by atoms with Crippen molar-refractivity contribution in [3.05, 3.63) is 181 Å². The molecule has 2 aliphatic carbocycles. The van der Waals surface area contributed by atoms with Crippen molar-refractivity contribution in [2.75, 3.05) is 4.90 Å². The van der Waals surface area contributed by atoms with E-state index in [1.165, 1.54) is 33.6 Å². The minimum absolute atomic E-state index is 0.220. The lowest BCUT2D eigenvalue weighted by atomic mass is 9.87. The quantitative estimate of drug-likeness (QED) is 0.194. The fourth-order valence-electron chi connectivity index (χ4n) is 7.02. The lowest BCUT2D eigenvalue weighted by molar-refractivity contribution is 0.688. The molecule has 46 heavy (non-hydrogen) atoms. The first-order chi connectivity index (χ1) is 22.6. The summed E-state index contributed by atoms with van der Waals surface area (Å²) in [5, 5.41) is 3.62. The van der Waals surface area contributed by atoms with Crippen molar-refractivity contribution in [3.63, 3.8) is 0 Å². The molecular formula is C43H39N3. The average molecular weight is 598 g/mol. The highest BCUT2D eigenvalue weighted by Crippen LogP contribution is 2.47. The molecule has 1 N–H and O–H groups in total. The topological polar surface area (TPSA) is 27.6 Å². The standard InChI is InChI=1S/C43H39N3/c1-4-40(34-26-28-35(29-27-34)46-41-24-13-11-20-38(41)39-21-12-14-25-42(39)46)45-31(3)44-30(2)43-36(32-16-7-5-8-17-32)22-15-23-37(43)33-18-9-6-10-19-33/h4-9,11-18,20-29,31,38,41,44H,1-2,10,19H2,3H3/b45-40+. The van der Waals surface area contributed by atoms with E-state index in [1.807, 2.05) is 6.08 Å². The Hall–Kier alpha value is -5.41. The van der Waals surface area contributed by atoms with Crippen LogP contribution in [0, 0.1) is 0 Å². The van der Waals surface area contributed by atoms with Crippen molar-refractivity contribution in [2.24, 2.45) is 4.99 Å². The number of aliphatic imine (C=N–C) groups is 1. The molecule has 7 rings (SSSR count). The zero-order chi connectivity index (χ0) is 31.5. The maximum atomic E-state index is 5.07. The van der Waals surface area contributed by atoms with Crippen molar-refractivity contribution in [2.45, 2.75) is 37.9 Å². The van der Waals surface area contributed by atoms with E-state index in [-0.39, 0.29) is 12.2 Å². The Morgan fingerprint density at radius 3 is 2.41 bits per heavy atom. The highest BCUT2D eigenvalue weighted by molar-refractivity contribution is 6.08. The summed E-state index contributed by atoms with van der Waals surface area (Å²) in [6, 6.07) is 34.8. The van der Waals surface area contributed by atoms with Gasteiger partial charge >= 0.3 is 0 Å². The summed E-state index contributed by atoms with van der Waals surface area (Å²) in [6.45, 7) is 10.7. The number of nitrogens with one attached hydrogen (secondary N) is 1. The van der Waals surface area contributed by atoms with E-state index in [2.05, 4.69) is 170 Å². The minimum atomic E-state index is -0.220. The van der Waals surface area contributed by atoms with Crippen LogP contribution >= 0.6 is 0 Å². The predicted octanol–water partition coefficient (Wildman–Crippen LogP) is 10.4. The second-order valence-corrected chi connectivity index (χ2v) is 12.0. The van der Waals surface area contributed by atoms with Crippen LogP contribution in [0.5, 0.6) is 0 Å². The van der Waals surface area contributed by atoms with Crippen molar-refractivity contribution < 1.29 is 0 Å². The average Bonchev–Trinajstić information content (AvgIpc) is 3.45. The van der Waals surface area contributed by atoms with Crippen LogP contribution in [-0.4, -0.2) is 17.9 Å². The number of nitrogens with zero attached hydrogens (tertiary/aromatic N) is 2. The van der Waals surface area contributed by atoms with Gasteiger partial charge in [-0.3, -0.25) is 4.99 Å². The molecule has 0 spiro atoms. The maximum Gasteiger partial charge on any atom is 0.116 e. The largest absolute Gasteiger partial charge is 0.364 e. The van der Waals surface area contributed by atoms with Gasteiger partial charge in [-0.2, -0.15) is 0 Å². The fraction of sp³-hybridized carbons (Fsp3) is 0.140. The third-order valence-corrected chi connectivity index (χ3v) is 9.12. The van der Waals surface area contributed by atoms with E-state index in [0.29, 0.717) is 5.92 Å². The molecule has 0 radical (unpaired) electrons. The molecule has 4 aromatic carbocycles. The van der Waals surface area contributed by atoms with Gasteiger partial charge in [0.2, 0.25) is 0 Å². The summed E-state index contributed by atoms with van der Waals surface area (Å²) >= 11 is 0. The molecule has 3 aliphatic rings. The lowest BCUT2D eigenvalue weighted by Gasteiger charge is -2.28. The molecule has 4 aromatic rings. The van der Waals surface area contributed by atoms with Crippen molar-refractivity contribution in [1.29, 1.82) is 0 Å². The number of rotatable bonds is 9. The van der Waals surface area contributed by atoms with Gasteiger partial charge in [-0.1, -0.05) is 135 Å². The molecule has 3 nitrogen and oxygen atoms in total. The highest BCUT2D eigenvalue weighted by Gasteiger charge is 2.36. The minimum Gasteiger partial charge on any atom is -0.364 e. The number of fused-ring (bicyclic) bond motifs is 3. The third kappa shape index (κ3) is 5.61. The summed E-state index contributed by atoms with van der Waals surface area (Å²) < 4.78 is 0. The van der Waals surface area contributed by atoms with E-state index >= 15 is 0 Å². The molecule has 0 fully saturated rings. The first-order valence-electron chi connectivity index (χ1n) is 16.2. The van der Waals surface area contributed by atoms with Gasteiger partial charge in [-0.05, 0) is 77.4 Å². The van der Waals surface area contributed by atoms with Gasteiger partial charge in [-0.15, -0.1) is 0 Å². The second-order valence-electron chi connectivity index (χ2n) is 12.0. The van der Waals surface area contributed by atoms with Gasteiger partial charge < -0.3 is 10.2 Å². The van der Waals surface area contributed by atoms with Crippen molar-refractivity contribution in [1.82, 2.24) is 5.32 Å².